The van der Waals surface area contributed by atoms with Crippen LogP contribution in [0.1, 0.15) is 51.5 Å². The highest BCUT2D eigenvalue weighted by Crippen LogP contribution is 2.55. The predicted molar refractivity (Wildman–Crippen MR) is 72.0 cm³/mol. The molecule has 1 N–H and O–H groups in total. The Bertz CT molecular complexity index is 351. The molecule has 1 aromatic carbocycles. The van der Waals surface area contributed by atoms with Gasteiger partial charge < -0.3 is 5.11 Å². The molecule has 0 aromatic heterocycles. The van der Waals surface area contributed by atoms with Gasteiger partial charge in [0.25, 0.3) is 0 Å². The second kappa shape index (κ2) is 4.81. The average molecular weight is 232 g/mol. The van der Waals surface area contributed by atoms with E-state index in [4.69, 9.17) is 0 Å². The first kappa shape index (κ1) is 12.6. The molecule has 0 radical (unpaired) electrons. The Hall–Kier alpha value is -0.820. The van der Waals surface area contributed by atoms with Gasteiger partial charge in [-0.2, -0.15) is 0 Å². The molecular weight excluding hydrogens is 208 g/mol. The van der Waals surface area contributed by atoms with Crippen LogP contribution in [0.5, 0.6) is 0 Å². The quantitative estimate of drug-likeness (QED) is 0.832. The van der Waals surface area contributed by atoms with Gasteiger partial charge in [-0.25, -0.2) is 0 Å². The average Bonchev–Trinajstić information content (AvgIpc) is 2.28. The number of hydrogen-bond acceptors (Lipinski definition) is 1. The van der Waals surface area contributed by atoms with Crippen molar-refractivity contribution in [3.05, 3.63) is 35.9 Å². The second-order valence-corrected chi connectivity index (χ2v) is 5.91. The maximum Gasteiger partial charge on any atom is 0.0625 e. The fraction of sp³-hybridized carbons (Fsp3) is 0.625. The highest BCUT2D eigenvalue weighted by atomic mass is 16.3. The molecule has 2 unspecified atom stereocenters. The van der Waals surface area contributed by atoms with Crippen LogP contribution in [0.25, 0.3) is 0 Å². The third-order valence-corrected chi connectivity index (χ3v) is 4.67. The van der Waals surface area contributed by atoms with Crippen LogP contribution in [0.3, 0.4) is 0 Å². The van der Waals surface area contributed by atoms with E-state index in [1.165, 1.54) is 24.8 Å². The standard InChI is InChI=1S/C16H24O/c1-12(2)15(17)16(10-7-11-16)13(3)14-8-5-4-6-9-14/h4-6,8-9,12-13,15,17H,7,10-11H2,1-3H3. The smallest absolute Gasteiger partial charge is 0.0625 e. The van der Waals surface area contributed by atoms with Crippen molar-refractivity contribution < 1.29 is 5.11 Å². The fourth-order valence-electron chi connectivity index (χ4n) is 3.31. The lowest BCUT2D eigenvalue weighted by Crippen LogP contribution is -2.47. The topological polar surface area (TPSA) is 20.2 Å². The summed E-state index contributed by atoms with van der Waals surface area (Å²) in [6.45, 7) is 6.53. The summed E-state index contributed by atoms with van der Waals surface area (Å²) in [6, 6.07) is 10.6. The lowest BCUT2D eigenvalue weighted by Gasteiger charge is -2.51. The van der Waals surface area contributed by atoms with Crippen LogP contribution in [0.15, 0.2) is 30.3 Å². The Balaban J connectivity index is 2.24. The van der Waals surface area contributed by atoms with Gasteiger partial charge in [-0.3, -0.25) is 0 Å². The SMILES string of the molecule is CC(C)C(O)C1(C(C)c2ccccc2)CCC1. The molecule has 2 rings (SSSR count). The maximum atomic E-state index is 10.5. The van der Waals surface area contributed by atoms with Gasteiger partial charge in [0.1, 0.15) is 0 Å². The normalized spacial score (nSPS) is 21.9. The molecule has 1 saturated carbocycles. The Labute approximate surface area is 105 Å². The molecule has 2 atom stereocenters. The van der Waals surface area contributed by atoms with E-state index in [0.717, 1.165) is 0 Å². The second-order valence-electron chi connectivity index (χ2n) is 5.91. The van der Waals surface area contributed by atoms with E-state index in [0.29, 0.717) is 11.8 Å². The van der Waals surface area contributed by atoms with E-state index >= 15 is 0 Å². The van der Waals surface area contributed by atoms with Crippen molar-refractivity contribution in [3.8, 4) is 0 Å². The fourth-order valence-corrected chi connectivity index (χ4v) is 3.31. The summed E-state index contributed by atoms with van der Waals surface area (Å²) in [5, 5.41) is 10.5. The van der Waals surface area contributed by atoms with Gasteiger partial charge in [0, 0.05) is 5.41 Å². The van der Waals surface area contributed by atoms with Crippen molar-refractivity contribution >= 4 is 0 Å². The molecule has 17 heavy (non-hydrogen) atoms. The Morgan fingerprint density at radius 3 is 2.06 bits per heavy atom. The van der Waals surface area contributed by atoms with E-state index in [2.05, 4.69) is 51.1 Å². The first-order valence-electron chi connectivity index (χ1n) is 6.81. The van der Waals surface area contributed by atoms with Crippen LogP contribution < -0.4 is 0 Å². The molecule has 0 saturated heterocycles. The van der Waals surface area contributed by atoms with E-state index in [1.54, 1.807) is 0 Å². The lowest BCUT2D eigenvalue weighted by atomic mass is 9.55. The number of aliphatic hydroxyl groups is 1. The van der Waals surface area contributed by atoms with E-state index in [1.807, 2.05) is 0 Å². The van der Waals surface area contributed by atoms with Crippen LogP contribution in [0, 0.1) is 11.3 Å². The monoisotopic (exact) mass is 232 g/mol. The van der Waals surface area contributed by atoms with Gasteiger partial charge >= 0.3 is 0 Å². The van der Waals surface area contributed by atoms with Gasteiger partial charge in [-0.1, -0.05) is 57.5 Å². The van der Waals surface area contributed by atoms with Crippen molar-refractivity contribution in [2.24, 2.45) is 11.3 Å². The van der Waals surface area contributed by atoms with Crippen LogP contribution in [-0.2, 0) is 0 Å². The van der Waals surface area contributed by atoms with E-state index in [9.17, 15) is 5.11 Å². The van der Waals surface area contributed by atoms with Crippen molar-refractivity contribution in [1.29, 1.82) is 0 Å². The molecular formula is C16H24O. The van der Waals surface area contributed by atoms with Gasteiger partial charge in [0.2, 0.25) is 0 Å². The predicted octanol–water partition coefficient (Wildman–Crippen LogP) is 3.98. The molecule has 0 bridgehead atoms. The molecule has 1 heteroatoms. The van der Waals surface area contributed by atoms with Gasteiger partial charge in [-0.05, 0) is 30.2 Å². The highest BCUT2D eigenvalue weighted by molar-refractivity contribution is 5.23. The molecule has 1 aromatic rings. The van der Waals surface area contributed by atoms with Gasteiger partial charge in [0.05, 0.1) is 6.10 Å². The molecule has 0 amide bonds. The minimum absolute atomic E-state index is 0.121. The van der Waals surface area contributed by atoms with Crippen LogP contribution in [0.4, 0.5) is 0 Å². The molecule has 1 nitrogen and oxygen atoms in total. The minimum Gasteiger partial charge on any atom is -0.392 e. The summed E-state index contributed by atoms with van der Waals surface area (Å²) >= 11 is 0. The lowest BCUT2D eigenvalue weighted by molar-refractivity contribution is -0.0760. The van der Waals surface area contributed by atoms with Crippen LogP contribution in [-0.4, -0.2) is 11.2 Å². The maximum absolute atomic E-state index is 10.5. The molecule has 94 valence electrons. The van der Waals surface area contributed by atoms with E-state index in [-0.39, 0.29) is 11.5 Å². The summed E-state index contributed by atoms with van der Waals surface area (Å²) in [5.74, 6) is 0.802. The number of aliphatic hydroxyl groups excluding tert-OH is 1. The molecule has 1 fully saturated rings. The van der Waals surface area contributed by atoms with Crippen molar-refractivity contribution in [2.45, 2.75) is 52.1 Å². The van der Waals surface area contributed by atoms with E-state index < -0.39 is 0 Å². The number of benzene rings is 1. The van der Waals surface area contributed by atoms with Crippen molar-refractivity contribution in [1.82, 2.24) is 0 Å². The summed E-state index contributed by atoms with van der Waals surface area (Å²) in [7, 11) is 0. The molecule has 0 aliphatic heterocycles. The zero-order valence-corrected chi connectivity index (χ0v) is 11.2. The zero-order chi connectivity index (χ0) is 12.5. The largest absolute Gasteiger partial charge is 0.392 e. The first-order chi connectivity index (χ1) is 8.08. The van der Waals surface area contributed by atoms with Crippen molar-refractivity contribution in [2.75, 3.05) is 0 Å². The highest BCUT2D eigenvalue weighted by Gasteiger charge is 2.48. The summed E-state index contributed by atoms with van der Waals surface area (Å²) in [6.07, 6.45) is 3.43. The first-order valence-corrected chi connectivity index (χ1v) is 6.81. The third kappa shape index (κ3) is 2.13. The molecule has 0 spiro atoms. The van der Waals surface area contributed by atoms with Crippen molar-refractivity contribution in [3.63, 3.8) is 0 Å². The van der Waals surface area contributed by atoms with Gasteiger partial charge in [-0.15, -0.1) is 0 Å². The third-order valence-electron chi connectivity index (χ3n) is 4.67. The number of hydrogen-bond donors (Lipinski definition) is 1. The molecule has 1 aliphatic rings. The Kier molecular flexibility index (Phi) is 3.58. The molecule has 0 heterocycles. The van der Waals surface area contributed by atoms with Gasteiger partial charge in [0.15, 0.2) is 0 Å². The zero-order valence-electron chi connectivity index (χ0n) is 11.2. The summed E-state index contributed by atoms with van der Waals surface area (Å²) < 4.78 is 0. The van der Waals surface area contributed by atoms with Crippen LogP contribution >= 0.6 is 0 Å². The Morgan fingerprint density at radius 1 is 1.06 bits per heavy atom. The van der Waals surface area contributed by atoms with Crippen LogP contribution in [0.2, 0.25) is 0 Å². The molecule has 1 aliphatic carbocycles. The minimum atomic E-state index is -0.175. The summed E-state index contributed by atoms with van der Waals surface area (Å²) in [5.41, 5.74) is 1.49. The number of rotatable bonds is 4. The summed E-state index contributed by atoms with van der Waals surface area (Å²) in [4.78, 5) is 0. The Morgan fingerprint density at radius 2 is 1.65 bits per heavy atom.